The summed E-state index contributed by atoms with van der Waals surface area (Å²) in [6.07, 6.45) is 7.60. The van der Waals surface area contributed by atoms with E-state index in [1.165, 1.54) is 7.11 Å². The van der Waals surface area contributed by atoms with Crippen LogP contribution >= 0.6 is 0 Å². The molecule has 2 spiro atoms. The fourth-order valence-electron chi connectivity index (χ4n) is 7.43. The summed E-state index contributed by atoms with van der Waals surface area (Å²) in [6, 6.07) is 1.98. The number of furan rings is 1. The summed E-state index contributed by atoms with van der Waals surface area (Å²) < 4.78 is 29.8. The molecule has 6 nitrogen and oxygen atoms in total. The van der Waals surface area contributed by atoms with Crippen LogP contribution in [0.15, 0.2) is 23.0 Å². The molecular weight excluding hydrogens is 348 g/mol. The van der Waals surface area contributed by atoms with E-state index in [2.05, 4.69) is 6.92 Å². The number of hydrogen-bond donors (Lipinski definition) is 0. The van der Waals surface area contributed by atoms with E-state index in [-0.39, 0.29) is 47.5 Å². The second kappa shape index (κ2) is 5.37. The third-order valence-electron chi connectivity index (χ3n) is 8.54. The Hall–Kier alpha value is -1.37. The van der Waals surface area contributed by atoms with Crippen LogP contribution in [-0.4, -0.2) is 31.8 Å². The Balaban J connectivity index is 1.47. The lowest BCUT2D eigenvalue weighted by Crippen LogP contribution is -2.66. The molecule has 2 saturated carbocycles. The van der Waals surface area contributed by atoms with Gasteiger partial charge < -0.3 is 23.4 Å². The summed E-state index contributed by atoms with van der Waals surface area (Å²) in [6.45, 7) is 2.33. The zero-order chi connectivity index (χ0) is 18.4. The first-order chi connectivity index (χ1) is 13.1. The second-order valence-corrected chi connectivity index (χ2v) is 9.16. The maximum atomic E-state index is 12.8. The van der Waals surface area contributed by atoms with Gasteiger partial charge in [-0.15, -0.1) is 0 Å². The van der Waals surface area contributed by atoms with Gasteiger partial charge in [-0.05, 0) is 50.0 Å². The number of esters is 1. The monoisotopic (exact) mass is 374 g/mol. The predicted octanol–water partition coefficient (Wildman–Crippen LogP) is 3.42. The Morgan fingerprint density at radius 2 is 2.00 bits per heavy atom. The highest BCUT2D eigenvalue weighted by molar-refractivity contribution is 5.75. The van der Waals surface area contributed by atoms with Gasteiger partial charge in [-0.3, -0.25) is 4.79 Å². The van der Waals surface area contributed by atoms with Crippen LogP contribution in [-0.2, 0) is 23.7 Å². The van der Waals surface area contributed by atoms with Crippen molar-refractivity contribution in [1.29, 1.82) is 0 Å². The lowest BCUT2D eigenvalue weighted by atomic mass is 9.42. The molecule has 0 N–H and O–H groups in total. The topological polar surface area (TPSA) is 67.1 Å². The van der Waals surface area contributed by atoms with Crippen LogP contribution in [0.1, 0.15) is 50.7 Å². The summed E-state index contributed by atoms with van der Waals surface area (Å²) in [5.41, 5.74) is 0.716. The molecule has 3 aliphatic heterocycles. The van der Waals surface area contributed by atoms with Gasteiger partial charge in [0.25, 0.3) is 0 Å². The molecule has 6 rings (SSSR count). The molecule has 5 aliphatic rings. The molecular formula is C21H26O6. The molecule has 2 aliphatic carbocycles. The van der Waals surface area contributed by atoms with E-state index >= 15 is 0 Å². The first kappa shape index (κ1) is 16.6. The molecule has 3 saturated heterocycles. The molecule has 5 fully saturated rings. The molecule has 4 heterocycles. The van der Waals surface area contributed by atoms with Crippen molar-refractivity contribution in [3.63, 3.8) is 0 Å². The van der Waals surface area contributed by atoms with Gasteiger partial charge in [0.1, 0.15) is 0 Å². The van der Waals surface area contributed by atoms with Crippen molar-refractivity contribution in [3.8, 4) is 0 Å². The van der Waals surface area contributed by atoms with Crippen molar-refractivity contribution in [2.24, 2.45) is 28.6 Å². The van der Waals surface area contributed by atoms with Crippen molar-refractivity contribution in [2.45, 2.75) is 63.8 Å². The average Bonchev–Trinajstić information content (AvgIpc) is 3.36. The van der Waals surface area contributed by atoms with Gasteiger partial charge in [0.05, 0.1) is 37.8 Å². The first-order valence-corrected chi connectivity index (χ1v) is 10.2. The number of carbonyl (C=O) groups excluding carboxylic acids is 1. The minimum Gasteiger partial charge on any atom is -0.472 e. The highest BCUT2D eigenvalue weighted by Gasteiger charge is 2.78. The van der Waals surface area contributed by atoms with Crippen LogP contribution in [0.2, 0.25) is 0 Å². The van der Waals surface area contributed by atoms with Crippen LogP contribution in [0.3, 0.4) is 0 Å². The molecule has 0 radical (unpaired) electrons. The maximum Gasteiger partial charge on any atom is 0.312 e. The molecule has 1 aromatic heterocycles. The van der Waals surface area contributed by atoms with Crippen LogP contribution in [0.4, 0.5) is 0 Å². The minimum absolute atomic E-state index is 0.0283. The third kappa shape index (κ3) is 1.80. The Morgan fingerprint density at radius 3 is 2.78 bits per heavy atom. The van der Waals surface area contributed by atoms with Gasteiger partial charge >= 0.3 is 5.97 Å². The molecule has 3 bridgehead atoms. The van der Waals surface area contributed by atoms with Crippen molar-refractivity contribution in [3.05, 3.63) is 24.2 Å². The largest absolute Gasteiger partial charge is 0.472 e. The second-order valence-electron chi connectivity index (χ2n) is 9.16. The fraction of sp³-hybridized carbons (Fsp3) is 0.762. The smallest absolute Gasteiger partial charge is 0.312 e. The van der Waals surface area contributed by atoms with E-state index in [4.69, 9.17) is 23.4 Å². The van der Waals surface area contributed by atoms with Crippen molar-refractivity contribution in [2.75, 3.05) is 7.11 Å². The molecule has 0 amide bonds. The number of rotatable bonds is 2. The lowest BCUT2D eigenvalue weighted by Gasteiger charge is -2.63. The number of carbonyl (C=O) groups is 1. The number of hydrogen-bond acceptors (Lipinski definition) is 6. The summed E-state index contributed by atoms with van der Waals surface area (Å²) in [4.78, 5) is 12.8. The quantitative estimate of drug-likeness (QED) is 0.739. The Bertz CT molecular complexity index is 761. The number of fused-ring (bicyclic) bond motifs is 1. The van der Waals surface area contributed by atoms with Gasteiger partial charge in [-0.1, -0.05) is 6.92 Å². The molecule has 1 aromatic rings. The highest BCUT2D eigenvalue weighted by Crippen LogP contribution is 2.75. The lowest BCUT2D eigenvalue weighted by molar-refractivity contribution is -0.355. The Labute approximate surface area is 158 Å². The van der Waals surface area contributed by atoms with Crippen molar-refractivity contribution in [1.82, 2.24) is 0 Å². The number of methoxy groups -OCH3 is 1. The third-order valence-corrected chi connectivity index (χ3v) is 8.54. The van der Waals surface area contributed by atoms with E-state index in [0.717, 1.165) is 37.7 Å². The average molecular weight is 374 g/mol. The summed E-state index contributed by atoms with van der Waals surface area (Å²) in [5, 5.41) is 0. The summed E-state index contributed by atoms with van der Waals surface area (Å²) in [5.74, 6) is 0.484. The van der Waals surface area contributed by atoms with Crippen LogP contribution < -0.4 is 0 Å². The standard InChI is InChI=1S/C21H26O6/c1-11-5-7-20-15-4-3-13(16(20)17(22)23-2)25-18(20)27-19-21(11,15)9-14(26-19)12-6-8-24-10-12/h6,8,10-11,13-16,18-19H,3-5,7,9H2,1-2H3/t11-,13-,14+,15+,16-,18+,19+,20+,21-/m1/s1. The van der Waals surface area contributed by atoms with E-state index in [1.54, 1.807) is 12.5 Å². The zero-order valence-corrected chi connectivity index (χ0v) is 15.8. The van der Waals surface area contributed by atoms with E-state index in [1.807, 2.05) is 6.07 Å². The molecule has 0 unspecified atom stereocenters. The molecule has 9 atom stereocenters. The maximum absolute atomic E-state index is 12.8. The SMILES string of the molecule is COC(=O)[C@H]1[C@H]2CC[C@@H]3[C@]45C[C@@H](c6ccoc6)O[C@H]4O[C@H](O2)[C@@]31CC[C@H]5C. The minimum atomic E-state index is -0.368. The predicted molar refractivity (Wildman–Crippen MR) is 92.2 cm³/mol. The Morgan fingerprint density at radius 1 is 1.15 bits per heavy atom. The van der Waals surface area contributed by atoms with Gasteiger partial charge in [-0.25, -0.2) is 0 Å². The Kier molecular flexibility index (Phi) is 3.29. The molecule has 0 aromatic carbocycles. The van der Waals surface area contributed by atoms with Gasteiger partial charge in [0.2, 0.25) is 0 Å². The van der Waals surface area contributed by atoms with Crippen molar-refractivity contribution >= 4 is 5.97 Å². The van der Waals surface area contributed by atoms with Gasteiger partial charge in [0, 0.05) is 16.4 Å². The summed E-state index contributed by atoms with van der Waals surface area (Å²) >= 11 is 0. The van der Waals surface area contributed by atoms with E-state index < -0.39 is 0 Å². The van der Waals surface area contributed by atoms with Crippen molar-refractivity contribution < 1.29 is 28.2 Å². The van der Waals surface area contributed by atoms with Crippen LogP contribution in [0, 0.1) is 28.6 Å². The van der Waals surface area contributed by atoms with Gasteiger partial charge in [0.15, 0.2) is 12.6 Å². The number of ether oxygens (including phenoxy) is 4. The van der Waals surface area contributed by atoms with E-state index in [9.17, 15) is 4.79 Å². The first-order valence-electron chi connectivity index (χ1n) is 10.2. The fourth-order valence-corrected chi connectivity index (χ4v) is 7.43. The summed E-state index contributed by atoms with van der Waals surface area (Å²) in [7, 11) is 1.49. The zero-order valence-electron chi connectivity index (χ0n) is 15.8. The highest BCUT2D eigenvalue weighted by atomic mass is 16.8. The molecule has 27 heavy (non-hydrogen) atoms. The molecule has 146 valence electrons. The van der Waals surface area contributed by atoms with Gasteiger partial charge in [-0.2, -0.15) is 0 Å². The normalized spacial score (nSPS) is 52.4. The van der Waals surface area contributed by atoms with Crippen LogP contribution in [0.5, 0.6) is 0 Å². The van der Waals surface area contributed by atoms with Crippen LogP contribution in [0.25, 0.3) is 0 Å². The molecule has 6 heteroatoms. The van der Waals surface area contributed by atoms with E-state index in [0.29, 0.717) is 11.8 Å².